The van der Waals surface area contributed by atoms with Crippen molar-refractivity contribution in [2.24, 2.45) is 5.92 Å². The van der Waals surface area contributed by atoms with E-state index in [1.54, 1.807) is 0 Å². The van der Waals surface area contributed by atoms with E-state index in [9.17, 15) is 9.59 Å². The standard InChI is InChI=1S/C12H15N3O3/c16-11(9-5-13-7-14-6-9)15-10-3-1-2-8(4-10)12(17)18/h5-8,10H,1-4H2,(H,15,16)(H,17,18). The number of amides is 1. The molecule has 1 aliphatic rings. The van der Waals surface area contributed by atoms with E-state index in [4.69, 9.17) is 5.11 Å². The van der Waals surface area contributed by atoms with Gasteiger partial charge in [-0.15, -0.1) is 0 Å². The highest BCUT2D eigenvalue weighted by Crippen LogP contribution is 2.24. The Balaban J connectivity index is 1.93. The van der Waals surface area contributed by atoms with E-state index in [1.807, 2.05) is 0 Å². The lowest BCUT2D eigenvalue weighted by atomic mass is 9.85. The van der Waals surface area contributed by atoms with Gasteiger partial charge in [-0.05, 0) is 19.3 Å². The van der Waals surface area contributed by atoms with Crippen molar-refractivity contribution in [2.45, 2.75) is 31.7 Å². The number of nitrogens with one attached hydrogen (secondary N) is 1. The summed E-state index contributed by atoms with van der Waals surface area (Å²) < 4.78 is 0. The minimum absolute atomic E-state index is 0.0763. The largest absolute Gasteiger partial charge is 0.481 e. The minimum atomic E-state index is -0.781. The molecule has 1 aromatic heterocycles. The van der Waals surface area contributed by atoms with Crippen LogP contribution in [0.25, 0.3) is 0 Å². The number of carbonyl (C=O) groups excluding carboxylic acids is 1. The van der Waals surface area contributed by atoms with Crippen molar-refractivity contribution in [1.82, 2.24) is 15.3 Å². The molecular weight excluding hydrogens is 234 g/mol. The SMILES string of the molecule is O=C(NC1CCCC(C(=O)O)C1)c1cncnc1. The average Bonchev–Trinajstić information content (AvgIpc) is 2.40. The van der Waals surface area contributed by atoms with Crippen molar-refractivity contribution in [1.29, 1.82) is 0 Å². The van der Waals surface area contributed by atoms with Gasteiger partial charge in [0, 0.05) is 18.4 Å². The summed E-state index contributed by atoms with van der Waals surface area (Å²) in [6.45, 7) is 0. The molecule has 1 heterocycles. The molecule has 6 nitrogen and oxygen atoms in total. The van der Waals surface area contributed by atoms with Crippen LogP contribution in [0.4, 0.5) is 0 Å². The lowest BCUT2D eigenvalue weighted by Gasteiger charge is -2.27. The summed E-state index contributed by atoms with van der Waals surface area (Å²) in [6.07, 6.45) is 7.08. The van der Waals surface area contributed by atoms with Crippen molar-refractivity contribution >= 4 is 11.9 Å². The smallest absolute Gasteiger partial charge is 0.306 e. The van der Waals surface area contributed by atoms with Crippen LogP contribution in [0.2, 0.25) is 0 Å². The van der Waals surface area contributed by atoms with Crippen LogP contribution in [0.5, 0.6) is 0 Å². The molecule has 0 spiro atoms. The van der Waals surface area contributed by atoms with Gasteiger partial charge < -0.3 is 10.4 Å². The maximum absolute atomic E-state index is 11.9. The molecule has 0 radical (unpaired) electrons. The predicted octanol–water partition coefficient (Wildman–Crippen LogP) is 0.850. The van der Waals surface area contributed by atoms with Crippen LogP contribution >= 0.6 is 0 Å². The van der Waals surface area contributed by atoms with E-state index in [-0.39, 0.29) is 17.9 Å². The molecule has 0 aliphatic heterocycles. The van der Waals surface area contributed by atoms with Crippen molar-refractivity contribution in [2.75, 3.05) is 0 Å². The van der Waals surface area contributed by atoms with Gasteiger partial charge in [0.2, 0.25) is 0 Å². The molecule has 96 valence electrons. The van der Waals surface area contributed by atoms with E-state index in [0.717, 1.165) is 12.8 Å². The summed E-state index contributed by atoms with van der Waals surface area (Å²) in [5, 5.41) is 11.8. The van der Waals surface area contributed by atoms with E-state index in [2.05, 4.69) is 15.3 Å². The zero-order chi connectivity index (χ0) is 13.0. The van der Waals surface area contributed by atoms with E-state index < -0.39 is 5.97 Å². The van der Waals surface area contributed by atoms with Crippen LogP contribution < -0.4 is 5.32 Å². The third-order valence-electron chi connectivity index (χ3n) is 3.18. The number of rotatable bonds is 3. The van der Waals surface area contributed by atoms with Crippen LogP contribution in [0.1, 0.15) is 36.0 Å². The van der Waals surface area contributed by atoms with Crippen LogP contribution in [-0.4, -0.2) is 33.0 Å². The van der Waals surface area contributed by atoms with E-state index in [1.165, 1.54) is 18.7 Å². The zero-order valence-corrected chi connectivity index (χ0v) is 9.87. The lowest BCUT2D eigenvalue weighted by Crippen LogP contribution is -2.40. The number of hydrogen-bond donors (Lipinski definition) is 2. The van der Waals surface area contributed by atoms with Gasteiger partial charge in [0.15, 0.2) is 0 Å². The lowest BCUT2D eigenvalue weighted by molar-refractivity contribution is -0.143. The van der Waals surface area contributed by atoms with Crippen LogP contribution in [0.3, 0.4) is 0 Å². The Morgan fingerprint density at radius 2 is 2.00 bits per heavy atom. The average molecular weight is 249 g/mol. The van der Waals surface area contributed by atoms with Gasteiger partial charge in [0.05, 0.1) is 11.5 Å². The molecular formula is C12H15N3O3. The topological polar surface area (TPSA) is 92.2 Å². The molecule has 6 heteroatoms. The Labute approximate surface area is 104 Å². The molecule has 1 fully saturated rings. The van der Waals surface area contributed by atoms with Crippen LogP contribution in [-0.2, 0) is 4.79 Å². The first kappa shape index (κ1) is 12.5. The second kappa shape index (κ2) is 5.57. The molecule has 1 saturated carbocycles. The zero-order valence-electron chi connectivity index (χ0n) is 9.87. The van der Waals surface area contributed by atoms with E-state index in [0.29, 0.717) is 18.4 Å². The number of carboxylic acids is 1. The van der Waals surface area contributed by atoms with Gasteiger partial charge in [-0.2, -0.15) is 0 Å². The number of aromatic nitrogens is 2. The van der Waals surface area contributed by atoms with Crippen molar-refractivity contribution in [3.8, 4) is 0 Å². The number of carbonyl (C=O) groups is 2. The maximum atomic E-state index is 11.9. The van der Waals surface area contributed by atoms with Gasteiger partial charge in [-0.3, -0.25) is 9.59 Å². The van der Waals surface area contributed by atoms with Crippen molar-refractivity contribution in [3.63, 3.8) is 0 Å². The molecule has 1 aliphatic carbocycles. The second-order valence-electron chi connectivity index (χ2n) is 4.50. The Morgan fingerprint density at radius 3 is 2.67 bits per heavy atom. The first-order chi connectivity index (χ1) is 8.66. The fourth-order valence-corrected chi connectivity index (χ4v) is 2.23. The Kier molecular flexibility index (Phi) is 3.86. The van der Waals surface area contributed by atoms with Crippen molar-refractivity contribution in [3.05, 3.63) is 24.3 Å². The highest BCUT2D eigenvalue weighted by Gasteiger charge is 2.27. The quantitative estimate of drug-likeness (QED) is 0.828. The van der Waals surface area contributed by atoms with Gasteiger partial charge >= 0.3 is 5.97 Å². The fraction of sp³-hybridized carbons (Fsp3) is 0.500. The summed E-state index contributed by atoms with van der Waals surface area (Å²) in [5.41, 5.74) is 0.398. The molecule has 0 saturated heterocycles. The molecule has 0 aromatic carbocycles. The van der Waals surface area contributed by atoms with Crippen LogP contribution in [0.15, 0.2) is 18.7 Å². The second-order valence-corrected chi connectivity index (χ2v) is 4.50. The summed E-state index contributed by atoms with van der Waals surface area (Å²) >= 11 is 0. The molecule has 1 aromatic rings. The highest BCUT2D eigenvalue weighted by atomic mass is 16.4. The first-order valence-corrected chi connectivity index (χ1v) is 5.95. The molecule has 2 rings (SSSR count). The molecule has 2 unspecified atom stereocenters. The number of carboxylic acid groups (broad SMARTS) is 1. The Morgan fingerprint density at radius 1 is 1.28 bits per heavy atom. The summed E-state index contributed by atoms with van der Waals surface area (Å²) in [6, 6.07) is -0.0763. The number of nitrogens with zero attached hydrogens (tertiary/aromatic N) is 2. The summed E-state index contributed by atoms with van der Waals surface area (Å²) in [5.74, 6) is -1.38. The Bertz CT molecular complexity index is 435. The minimum Gasteiger partial charge on any atom is -0.481 e. The molecule has 0 bridgehead atoms. The molecule has 18 heavy (non-hydrogen) atoms. The molecule has 2 N–H and O–H groups in total. The highest BCUT2D eigenvalue weighted by molar-refractivity contribution is 5.93. The first-order valence-electron chi connectivity index (χ1n) is 5.95. The Hall–Kier alpha value is -1.98. The van der Waals surface area contributed by atoms with E-state index >= 15 is 0 Å². The monoisotopic (exact) mass is 249 g/mol. The molecule has 2 atom stereocenters. The maximum Gasteiger partial charge on any atom is 0.306 e. The van der Waals surface area contributed by atoms with Gasteiger partial charge in [0.25, 0.3) is 5.91 Å². The predicted molar refractivity (Wildman–Crippen MR) is 62.9 cm³/mol. The fourth-order valence-electron chi connectivity index (χ4n) is 2.23. The number of hydrogen-bond acceptors (Lipinski definition) is 4. The van der Waals surface area contributed by atoms with Gasteiger partial charge in [-0.1, -0.05) is 6.42 Å². The number of aliphatic carboxylic acids is 1. The van der Waals surface area contributed by atoms with Crippen LogP contribution in [0, 0.1) is 5.92 Å². The van der Waals surface area contributed by atoms with Crippen molar-refractivity contribution < 1.29 is 14.7 Å². The van der Waals surface area contributed by atoms with Gasteiger partial charge in [-0.25, -0.2) is 9.97 Å². The molecule has 1 amide bonds. The summed E-state index contributed by atoms with van der Waals surface area (Å²) in [4.78, 5) is 30.3. The third-order valence-corrected chi connectivity index (χ3v) is 3.18. The van der Waals surface area contributed by atoms with Gasteiger partial charge in [0.1, 0.15) is 6.33 Å². The summed E-state index contributed by atoms with van der Waals surface area (Å²) in [7, 11) is 0. The normalized spacial score (nSPS) is 23.3. The third kappa shape index (κ3) is 3.03.